The van der Waals surface area contributed by atoms with Gasteiger partial charge in [-0.1, -0.05) is 13.8 Å². The molecule has 8 heteroatoms. The molecule has 1 fully saturated rings. The fourth-order valence-corrected chi connectivity index (χ4v) is 3.43. The third kappa shape index (κ3) is 3.93. The maximum Gasteiger partial charge on any atom is 0.246 e. The summed E-state index contributed by atoms with van der Waals surface area (Å²) in [6.45, 7) is 7.21. The van der Waals surface area contributed by atoms with Crippen molar-refractivity contribution in [2.45, 2.75) is 26.4 Å². The monoisotopic (exact) mass is 399 g/mol. The molecule has 29 heavy (non-hydrogen) atoms. The minimum Gasteiger partial charge on any atom is -0.386 e. The van der Waals surface area contributed by atoms with Gasteiger partial charge in [0.25, 0.3) is 0 Å². The van der Waals surface area contributed by atoms with Gasteiger partial charge in [-0.2, -0.15) is 4.98 Å². The molecule has 6 nitrogen and oxygen atoms in total. The maximum absolute atomic E-state index is 13.4. The van der Waals surface area contributed by atoms with E-state index < -0.39 is 17.2 Å². The van der Waals surface area contributed by atoms with Crippen molar-refractivity contribution in [3.05, 3.63) is 59.9 Å². The van der Waals surface area contributed by atoms with Gasteiger partial charge < -0.3 is 15.3 Å². The van der Waals surface area contributed by atoms with Crippen molar-refractivity contribution in [3.63, 3.8) is 0 Å². The number of benzene rings is 2. The lowest BCUT2D eigenvalue weighted by Gasteiger charge is -2.50. The van der Waals surface area contributed by atoms with Crippen molar-refractivity contribution in [3.8, 4) is 5.69 Å². The summed E-state index contributed by atoms with van der Waals surface area (Å²) in [5.41, 5.74) is 2.45. The minimum absolute atomic E-state index is 0.196. The molecule has 0 bridgehead atoms. The predicted octanol–water partition coefficient (Wildman–Crippen LogP) is 3.80. The van der Waals surface area contributed by atoms with Crippen molar-refractivity contribution in [1.82, 2.24) is 14.8 Å². The van der Waals surface area contributed by atoms with Gasteiger partial charge in [-0.05, 0) is 48.7 Å². The molecule has 1 saturated heterocycles. The van der Waals surface area contributed by atoms with Crippen LogP contribution in [0.25, 0.3) is 5.69 Å². The molecule has 2 N–H and O–H groups in total. The van der Waals surface area contributed by atoms with Gasteiger partial charge in [0.15, 0.2) is 0 Å². The van der Waals surface area contributed by atoms with E-state index in [1.54, 1.807) is 0 Å². The molecule has 0 spiro atoms. The number of aromatic nitrogens is 3. The van der Waals surface area contributed by atoms with Crippen LogP contribution in [-0.4, -0.2) is 38.6 Å². The van der Waals surface area contributed by atoms with Crippen molar-refractivity contribution in [2.75, 3.05) is 23.3 Å². The van der Waals surface area contributed by atoms with Crippen LogP contribution in [0.1, 0.15) is 19.4 Å². The number of aryl methyl sites for hydroxylation is 1. The molecule has 0 unspecified atom stereocenters. The molecular formula is C21H23F2N5O. The maximum atomic E-state index is 13.4. The highest BCUT2D eigenvalue weighted by Gasteiger charge is 2.43. The molecule has 152 valence electrons. The zero-order chi connectivity index (χ0) is 20.8. The molecule has 1 aromatic heterocycles. The highest BCUT2D eigenvalue weighted by molar-refractivity contribution is 5.65. The summed E-state index contributed by atoms with van der Waals surface area (Å²) >= 11 is 0. The smallest absolute Gasteiger partial charge is 0.246 e. The standard InChI is InChI=1S/C21H23F2N5O/c1-13(2)21(29)10-27(11-21)18-5-14(3)4-17(9-18)25-20-24-12-28(26-20)19-7-15(22)6-16(23)8-19/h4-9,12-13,29H,10-11H2,1-3H3,(H,25,26). The average Bonchev–Trinajstić information content (AvgIpc) is 3.06. The number of nitrogens with one attached hydrogen (secondary N) is 1. The van der Waals surface area contributed by atoms with Gasteiger partial charge in [0.1, 0.15) is 23.6 Å². The highest BCUT2D eigenvalue weighted by Crippen LogP contribution is 2.34. The quantitative estimate of drug-likeness (QED) is 0.683. The fourth-order valence-electron chi connectivity index (χ4n) is 3.43. The molecular weight excluding hydrogens is 376 g/mol. The Morgan fingerprint density at radius 2 is 1.72 bits per heavy atom. The molecule has 0 amide bonds. The van der Waals surface area contributed by atoms with Gasteiger partial charge in [-0.25, -0.2) is 13.5 Å². The number of halogens is 2. The lowest BCUT2D eigenvalue weighted by atomic mass is 9.82. The lowest BCUT2D eigenvalue weighted by molar-refractivity contribution is -0.0300. The van der Waals surface area contributed by atoms with Gasteiger partial charge in [-0.15, -0.1) is 5.10 Å². The van der Waals surface area contributed by atoms with Crippen LogP contribution in [0, 0.1) is 24.5 Å². The number of hydrogen-bond donors (Lipinski definition) is 2. The van der Waals surface area contributed by atoms with Crippen LogP contribution >= 0.6 is 0 Å². The van der Waals surface area contributed by atoms with Crippen LogP contribution in [0.4, 0.5) is 26.1 Å². The Morgan fingerprint density at radius 1 is 1.03 bits per heavy atom. The average molecular weight is 399 g/mol. The van der Waals surface area contributed by atoms with E-state index in [2.05, 4.69) is 26.4 Å². The molecule has 2 heterocycles. The van der Waals surface area contributed by atoms with Crippen LogP contribution in [0.3, 0.4) is 0 Å². The Hall–Kier alpha value is -3.00. The van der Waals surface area contributed by atoms with E-state index in [-0.39, 0.29) is 11.6 Å². The van der Waals surface area contributed by atoms with E-state index in [0.717, 1.165) is 23.0 Å². The van der Waals surface area contributed by atoms with E-state index in [1.807, 2.05) is 32.9 Å². The van der Waals surface area contributed by atoms with E-state index >= 15 is 0 Å². The van der Waals surface area contributed by atoms with Gasteiger partial charge in [0, 0.05) is 30.5 Å². The lowest BCUT2D eigenvalue weighted by Crippen LogP contribution is -2.64. The first kappa shape index (κ1) is 19.3. The Bertz CT molecular complexity index is 1020. The summed E-state index contributed by atoms with van der Waals surface area (Å²) < 4.78 is 28.2. The fraction of sp³-hybridized carbons (Fsp3) is 0.333. The zero-order valence-corrected chi connectivity index (χ0v) is 16.5. The summed E-state index contributed by atoms with van der Waals surface area (Å²) in [4.78, 5) is 6.30. The van der Waals surface area contributed by atoms with E-state index in [1.165, 1.54) is 23.1 Å². The number of rotatable bonds is 5. The van der Waals surface area contributed by atoms with Gasteiger partial charge in [-0.3, -0.25) is 0 Å². The number of hydrogen-bond acceptors (Lipinski definition) is 5. The molecule has 0 aliphatic carbocycles. The molecule has 3 aromatic rings. The van der Waals surface area contributed by atoms with Gasteiger partial charge in [0.2, 0.25) is 5.95 Å². The number of aliphatic hydroxyl groups is 1. The second kappa shape index (κ2) is 7.11. The van der Waals surface area contributed by atoms with Crippen LogP contribution < -0.4 is 10.2 Å². The molecule has 0 radical (unpaired) electrons. The van der Waals surface area contributed by atoms with Crippen LogP contribution in [0.15, 0.2) is 42.7 Å². The van der Waals surface area contributed by atoms with Crippen molar-refractivity contribution >= 4 is 17.3 Å². The SMILES string of the molecule is Cc1cc(Nc2ncn(-c3cc(F)cc(F)c3)n2)cc(N2CC(O)(C(C)C)C2)c1. The Kier molecular flexibility index (Phi) is 4.74. The van der Waals surface area contributed by atoms with Gasteiger partial charge in [0.05, 0.1) is 5.69 Å². The molecule has 0 atom stereocenters. The van der Waals surface area contributed by atoms with Crippen molar-refractivity contribution in [1.29, 1.82) is 0 Å². The third-order valence-electron chi connectivity index (χ3n) is 5.29. The molecule has 4 rings (SSSR count). The van der Waals surface area contributed by atoms with Crippen LogP contribution in [-0.2, 0) is 0 Å². The summed E-state index contributed by atoms with van der Waals surface area (Å²) in [6.07, 6.45) is 1.39. The second-order valence-corrected chi connectivity index (χ2v) is 7.94. The number of β-amino-alcohol motifs (C(OH)–C–C–N with tert-alkyl or cyclic N) is 1. The summed E-state index contributed by atoms with van der Waals surface area (Å²) in [7, 11) is 0. The molecule has 1 aliphatic heterocycles. The van der Waals surface area contributed by atoms with Gasteiger partial charge >= 0.3 is 0 Å². The first-order valence-corrected chi connectivity index (χ1v) is 9.46. The highest BCUT2D eigenvalue weighted by atomic mass is 19.1. The van der Waals surface area contributed by atoms with Crippen molar-refractivity contribution < 1.29 is 13.9 Å². The largest absolute Gasteiger partial charge is 0.386 e. The second-order valence-electron chi connectivity index (χ2n) is 7.94. The summed E-state index contributed by atoms with van der Waals surface area (Å²) in [5, 5.41) is 17.9. The predicted molar refractivity (Wildman–Crippen MR) is 108 cm³/mol. The third-order valence-corrected chi connectivity index (χ3v) is 5.29. The van der Waals surface area contributed by atoms with Crippen LogP contribution in [0.5, 0.6) is 0 Å². The van der Waals surface area contributed by atoms with Crippen molar-refractivity contribution in [2.24, 2.45) is 5.92 Å². The van der Waals surface area contributed by atoms with E-state index in [9.17, 15) is 13.9 Å². The van der Waals surface area contributed by atoms with E-state index in [4.69, 9.17) is 0 Å². The molecule has 2 aromatic carbocycles. The molecule has 0 saturated carbocycles. The zero-order valence-electron chi connectivity index (χ0n) is 16.5. The Morgan fingerprint density at radius 3 is 2.38 bits per heavy atom. The Balaban J connectivity index is 1.52. The number of nitrogens with zero attached hydrogens (tertiary/aromatic N) is 4. The molecule has 1 aliphatic rings. The first-order chi connectivity index (χ1) is 13.7. The minimum atomic E-state index is -0.677. The van der Waals surface area contributed by atoms with Crippen LogP contribution in [0.2, 0.25) is 0 Å². The summed E-state index contributed by atoms with van der Waals surface area (Å²) in [6, 6.07) is 9.17. The van der Waals surface area contributed by atoms with E-state index in [0.29, 0.717) is 19.0 Å². The number of anilines is 3. The normalized spacial score (nSPS) is 15.5. The topological polar surface area (TPSA) is 66.2 Å². The Labute approximate surface area is 167 Å². The first-order valence-electron chi connectivity index (χ1n) is 9.46. The summed E-state index contributed by atoms with van der Waals surface area (Å²) in [5.74, 6) is -0.844.